The van der Waals surface area contributed by atoms with E-state index in [1.165, 1.54) is 148 Å². The van der Waals surface area contributed by atoms with Crippen LogP contribution in [0.5, 0.6) is 0 Å². The van der Waals surface area contributed by atoms with Gasteiger partial charge in [-0.05, 0) is 38.5 Å². The number of unbranched alkanes of at least 4 members (excludes halogenated alkanes) is 28. The van der Waals surface area contributed by atoms with Crippen molar-refractivity contribution in [2.24, 2.45) is 0 Å². The molecule has 1 amide bonds. The van der Waals surface area contributed by atoms with Crippen molar-refractivity contribution >= 4 is 11.9 Å². The molecule has 3 unspecified atom stereocenters. The molecular weight excluding hydrogens is 755 g/mol. The van der Waals surface area contributed by atoms with Gasteiger partial charge in [0.1, 0.15) is 6.10 Å². The lowest BCUT2D eigenvalue weighted by Crippen LogP contribution is -2.46. The SMILES string of the molecule is CC/C=C/C=C/C=C\C=C/C=C/CCCC(=O)OC(CCCCCCCCCCCCCCCCC)CC(=O)NC(CO)C(O)CCCCCCCCCCCCCCCC. The Kier molecular flexibility index (Phi) is 46.6. The van der Waals surface area contributed by atoms with Crippen LogP contribution in [0.3, 0.4) is 0 Å². The Morgan fingerprint density at radius 3 is 1.28 bits per heavy atom. The third-order valence-corrected chi connectivity index (χ3v) is 11.7. The number of hydrogen-bond acceptors (Lipinski definition) is 5. The first-order valence-electron chi connectivity index (χ1n) is 26.1. The molecule has 3 atom stereocenters. The second kappa shape index (κ2) is 48.6. The maximum Gasteiger partial charge on any atom is 0.306 e. The van der Waals surface area contributed by atoms with Gasteiger partial charge in [0, 0.05) is 6.42 Å². The molecule has 0 saturated carbocycles. The van der Waals surface area contributed by atoms with Crippen LogP contribution >= 0.6 is 0 Å². The normalized spacial score (nSPS) is 13.7. The van der Waals surface area contributed by atoms with E-state index in [0.29, 0.717) is 25.7 Å². The summed E-state index contributed by atoms with van der Waals surface area (Å²) in [6, 6.07) is -0.715. The third-order valence-electron chi connectivity index (χ3n) is 11.7. The van der Waals surface area contributed by atoms with Gasteiger partial charge in [-0.2, -0.15) is 0 Å². The second-order valence-corrected chi connectivity index (χ2v) is 17.7. The number of carbonyl (C=O) groups is 2. The zero-order valence-corrected chi connectivity index (χ0v) is 40.3. The molecule has 0 rings (SSSR count). The summed E-state index contributed by atoms with van der Waals surface area (Å²) in [5, 5.41) is 23.8. The molecule has 3 N–H and O–H groups in total. The van der Waals surface area contributed by atoms with Crippen LogP contribution in [-0.2, 0) is 14.3 Å². The quantitative estimate of drug-likeness (QED) is 0.0322. The molecule has 61 heavy (non-hydrogen) atoms. The number of hydrogen-bond donors (Lipinski definition) is 3. The fourth-order valence-electron chi connectivity index (χ4n) is 7.81. The van der Waals surface area contributed by atoms with Gasteiger partial charge in [-0.3, -0.25) is 9.59 Å². The average Bonchev–Trinajstić information content (AvgIpc) is 3.25. The van der Waals surface area contributed by atoms with Gasteiger partial charge in [-0.25, -0.2) is 0 Å². The highest BCUT2D eigenvalue weighted by atomic mass is 16.5. The van der Waals surface area contributed by atoms with E-state index in [-0.39, 0.29) is 24.9 Å². The Hall–Kier alpha value is -2.44. The lowest BCUT2D eigenvalue weighted by Gasteiger charge is -2.24. The molecule has 6 nitrogen and oxygen atoms in total. The number of ether oxygens (including phenoxy) is 1. The predicted molar refractivity (Wildman–Crippen MR) is 264 cm³/mol. The first kappa shape index (κ1) is 58.6. The lowest BCUT2D eigenvalue weighted by atomic mass is 10.0. The summed E-state index contributed by atoms with van der Waals surface area (Å²) >= 11 is 0. The van der Waals surface area contributed by atoms with Crippen molar-refractivity contribution in [1.82, 2.24) is 5.32 Å². The molecule has 0 saturated heterocycles. The standard InChI is InChI=1S/C55H99NO5/c1-4-7-10-13-16-19-22-25-27-29-31-34-37-40-43-46-51(61-55(60)48-45-42-39-36-33-28-24-21-18-15-12-9-6-3)49-54(59)56-52(50-57)53(58)47-44-41-38-35-32-30-26-23-20-17-14-11-8-5-2/h9,12,15,18,21,24,28,33,36,39,51-53,57-58H,4-8,10-11,13-14,16-17,19-20,22-23,25-27,29-32,34-35,37-38,40-50H2,1-3H3,(H,56,59)/b12-9+,18-15+,24-21-,33-28-,39-36+. The highest BCUT2D eigenvalue weighted by Gasteiger charge is 2.24. The second-order valence-electron chi connectivity index (χ2n) is 17.7. The van der Waals surface area contributed by atoms with Gasteiger partial charge in [0.2, 0.25) is 5.91 Å². The average molecular weight is 854 g/mol. The van der Waals surface area contributed by atoms with Gasteiger partial charge in [0.15, 0.2) is 0 Å². The predicted octanol–water partition coefficient (Wildman–Crippen LogP) is 15.6. The van der Waals surface area contributed by atoms with Crippen LogP contribution < -0.4 is 5.32 Å². The smallest absolute Gasteiger partial charge is 0.306 e. The van der Waals surface area contributed by atoms with Crippen molar-refractivity contribution in [2.45, 2.75) is 270 Å². The van der Waals surface area contributed by atoms with E-state index in [1.807, 2.05) is 48.6 Å². The van der Waals surface area contributed by atoms with Gasteiger partial charge >= 0.3 is 5.97 Å². The molecule has 0 aromatic rings. The summed E-state index contributed by atoms with van der Waals surface area (Å²) in [5.74, 6) is -0.555. The Balaban J connectivity index is 4.65. The van der Waals surface area contributed by atoms with Crippen LogP contribution in [0, 0.1) is 0 Å². The Morgan fingerprint density at radius 2 is 0.869 bits per heavy atom. The minimum Gasteiger partial charge on any atom is -0.462 e. The molecule has 0 radical (unpaired) electrons. The summed E-state index contributed by atoms with van der Waals surface area (Å²) in [6.07, 6.45) is 60.0. The molecule has 0 bridgehead atoms. The minimum absolute atomic E-state index is 0.0503. The molecule has 354 valence electrons. The highest BCUT2D eigenvalue weighted by Crippen LogP contribution is 2.18. The third kappa shape index (κ3) is 44.0. The molecule has 0 spiro atoms. The highest BCUT2D eigenvalue weighted by molar-refractivity contribution is 5.77. The molecule has 0 aliphatic carbocycles. The number of nitrogens with one attached hydrogen (secondary N) is 1. The van der Waals surface area contributed by atoms with Gasteiger partial charge in [0.05, 0.1) is 25.2 Å². The van der Waals surface area contributed by atoms with E-state index in [9.17, 15) is 19.8 Å². The number of amides is 1. The Bertz CT molecular complexity index is 1090. The van der Waals surface area contributed by atoms with Crippen molar-refractivity contribution in [2.75, 3.05) is 6.61 Å². The summed E-state index contributed by atoms with van der Waals surface area (Å²) in [5.41, 5.74) is 0. The van der Waals surface area contributed by atoms with Crippen LogP contribution in [0.25, 0.3) is 0 Å². The van der Waals surface area contributed by atoms with Crippen LogP contribution in [0.1, 0.15) is 252 Å². The van der Waals surface area contributed by atoms with E-state index >= 15 is 0 Å². The Labute approximate surface area is 378 Å². The summed E-state index contributed by atoms with van der Waals surface area (Å²) in [6.45, 7) is 6.34. The van der Waals surface area contributed by atoms with Crippen molar-refractivity contribution in [3.05, 3.63) is 60.8 Å². The van der Waals surface area contributed by atoms with Crippen molar-refractivity contribution in [3.63, 3.8) is 0 Å². The molecule has 0 aromatic heterocycles. The largest absolute Gasteiger partial charge is 0.462 e. The fraction of sp³-hybridized carbons (Fsp3) is 0.782. The number of rotatable bonds is 46. The van der Waals surface area contributed by atoms with Gasteiger partial charge < -0.3 is 20.3 Å². The van der Waals surface area contributed by atoms with Gasteiger partial charge in [-0.15, -0.1) is 0 Å². The van der Waals surface area contributed by atoms with Crippen molar-refractivity contribution in [3.8, 4) is 0 Å². The maximum atomic E-state index is 13.2. The van der Waals surface area contributed by atoms with Gasteiger partial charge in [-0.1, -0.05) is 261 Å². The van der Waals surface area contributed by atoms with Gasteiger partial charge in [0.25, 0.3) is 0 Å². The van der Waals surface area contributed by atoms with Crippen LogP contribution in [0.4, 0.5) is 0 Å². The topological polar surface area (TPSA) is 95.9 Å². The van der Waals surface area contributed by atoms with Crippen molar-refractivity contribution in [1.29, 1.82) is 0 Å². The molecule has 0 aromatic carbocycles. The van der Waals surface area contributed by atoms with E-state index in [2.05, 4.69) is 38.2 Å². The fourth-order valence-corrected chi connectivity index (χ4v) is 7.81. The number of allylic oxidation sites excluding steroid dienone is 10. The molecule has 0 aliphatic heterocycles. The summed E-state index contributed by atoms with van der Waals surface area (Å²) in [7, 11) is 0. The number of aliphatic hydroxyl groups is 2. The lowest BCUT2D eigenvalue weighted by molar-refractivity contribution is -0.151. The van der Waals surface area contributed by atoms with E-state index in [4.69, 9.17) is 4.74 Å². The van der Waals surface area contributed by atoms with E-state index in [1.54, 1.807) is 0 Å². The Morgan fingerprint density at radius 1 is 0.492 bits per heavy atom. The zero-order chi connectivity index (χ0) is 44.5. The molecular formula is C55H99NO5. The number of aliphatic hydroxyl groups excluding tert-OH is 2. The zero-order valence-electron chi connectivity index (χ0n) is 40.3. The van der Waals surface area contributed by atoms with Crippen LogP contribution in [0.15, 0.2) is 60.8 Å². The first-order valence-corrected chi connectivity index (χ1v) is 26.1. The van der Waals surface area contributed by atoms with Crippen LogP contribution in [0.2, 0.25) is 0 Å². The molecule has 0 heterocycles. The minimum atomic E-state index is -0.799. The first-order chi connectivity index (χ1) is 30.0. The number of carbonyl (C=O) groups excluding carboxylic acids is 2. The van der Waals surface area contributed by atoms with E-state index < -0.39 is 18.2 Å². The molecule has 0 fully saturated rings. The monoisotopic (exact) mass is 854 g/mol. The summed E-state index contributed by atoms with van der Waals surface area (Å²) in [4.78, 5) is 26.1. The number of esters is 1. The maximum absolute atomic E-state index is 13.2. The van der Waals surface area contributed by atoms with E-state index in [0.717, 1.165) is 51.4 Å². The molecule has 0 aliphatic rings. The van der Waals surface area contributed by atoms with Crippen LogP contribution in [-0.4, -0.2) is 46.9 Å². The molecule has 6 heteroatoms. The van der Waals surface area contributed by atoms with Crippen molar-refractivity contribution < 1.29 is 24.5 Å². The summed E-state index contributed by atoms with van der Waals surface area (Å²) < 4.78 is 5.90.